The van der Waals surface area contributed by atoms with Gasteiger partial charge in [0.2, 0.25) is 0 Å². The molecular formula is C14H13FN2OS. The summed E-state index contributed by atoms with van der Waals surface area (Å²) in [5.41, 5.74) is 0.727. The van der Waals surface area contributed by atoms with Gasteiger partial charge in [-0.2, -0.15) is 0 Å². The maximum absolute atomic E-state index is 13.6. The summed E-state index contributed by atoms with van der Waals surface area (Å²) in [6.07, 6.45) is 3.10. The van der Waals surface area contributed by atoms with E-state index < -0.39 is 12.9 Å². The van der Waals surface area contributed by atoms with Crippen LogP contribution in [0, 0.1) is 5.82 Å². The Morgan fingerprint density at radius 1 is 1.37 bits per heavy atom. The Bertz CT molecular complexity index is 675. The molecule has 0 radical (unpaired) electrons. The van der Waals surface area contributed by atoms with Crippen LogP contribution in [0.2, 0.25) is 0 Å². The van der Waals surface area contributed by atoms with Crippen molar-refractivity contribution in [1.29, 1.82) is 0 Å². The number of halogens is 1. The molecule has 2 aromatic rings. The number of benzene rings is 1. The lowest BCUT2D eigenvalue weighted by molar-refractivity contribution is 0.413. The molecule has 19 heavy (non-hydrogen) atoms. The third-order valence-electron chi connectivity index (χ3n) is 2.34. The first-order valence-corrected chi connectivity index (χ1v) is 6.64. The zero-order valence-corrected chi connectivity index (χ0v) is 10.9. The second-order valence-corrected chi connectivity index (χ2v) is 4.35. The number of para-hydroxylation sites is 1. The molecule has 0 saturated heterocycles. The van der Waals surface area contributed by atoms with E-state index in [4.69, 9.17) is 8.85 Å². The number of hydrogen-bond donors (Lipinski definition) is 0. The van der Waals surface area contributed by atoms with Crippen molar-refractivity contribution in [3.8, 4) is 5.75 Å². The molecule has 0 amide bonds. The zero-order chi connectivity index (χ0) is 16.2. The van der Waals surface area contributed by atoms with Crippen LogP contribution in [-0.4, -0.2) is 23.3 Å². The number of nitrogens with zero attached hydrogens (tertiary/aromatic N) is 2. The lowest BCUT2D eigenvalue weighted by Gasteiger charge is -2.05. The van der Waals surface area contributed by atoms with Crippen LogP contribution in [0.25, 0.3) is 0 Å². The van der Waals surface area contributed by atoms with Gasteiger partial charge in [0.15, 0.2) is 0 Å². The molecule has 3 nitrogen and oxygen atoms in total. The summed E-state index contributed by atoms with van der Waals surface area (Å²) in [4.78, 5) is 8.35. The number of rotatable bonds is 3. The average molecular weight is 279 g/mol. The molecule has 0 aliphatic heterocycles. The van der Waals surface area contributed by atoms with Crippen molar-refractivity contribution in [2.45, 2.75) is 0 Å². The summed E-state index contributed by atoms with van der Waals surface area (Å²) in [5, 5.41) is 0.519. The van der Waals surface area contributed by atoms with E-state index >= 15 is 0 Å². The monoisotopic (exact) mass is 279 g/mol. The summed E-state index contributed by atoms with van der Waals surface area (Å²) < 4.78 is 39.5. The van der Waals surface area contributed by atoms with Crippen LogP contribution in [0.5, 0.6) is 5.75 Å². The van der Waals surface area contributed by atoms with E-state index in [1.807, 2.05) is 0 Å². The largest absolute Gasteiger partial charge is 0.495 e. The Balaban J connectivity index is 2.27. The number of pyridine rings is 1. The molecule has 2 rings (SSSR count). The number of hydrogen-bond acceptors (Lipinski definition) is 4. The predicted molar refractivity (Wildman–Crippen MR) is 76.9 cm³/mol. The summed E-state index contributed by atoms with van der Waals surface area (Å²) in [6, 6.07) is 9.25. The second-order valence-electron chi connectivity index (χ2n) is 3.55. The van der Waals surface area contributed by atoms with Gasteiger partial charge in [0.1, 0.15) is 22.3 Å². The number of thioether (sulfide) groups is 1. The highest BCUT2D eigenvalue weighted by Gasteiger charge is 2.06. The van der Waals surface area contributed by atoms with E-state index in [-0.39, 0.29) is 11.4 Å². The fraction of sp³-hybridized carbons (Fsp3) is 0.143. The first-order chi connectivity index (χ1) is 10.4. The van der Waals surface area contributed by atoms with Gasteiger partial charge < -0.3 is 4.74 Å². The Hall–Kier alpha value is -1.88. The Labute approximate surface area is 119 Å². The average Bonchev–Trinajstić information content (AvgIpc) is 2.46. The molecular weight excluding hydrogens is 263 g/mol. The molecule has 0 spiro atoms. The van der Waals surface area contributed by atoms with E-state index in [1.54, 1.807) is 30.5 Å². The normalized spacial score (nSPS) is 14.4. The van der Waals surface area contributed by atoms with Crippen LogP contribution in [0.4, 0.5) is 10.1 Å². The number of ether oxygens (including phenoxy) is 1. The first-order valence-electron chi connectivity index (χ1n) is 6.92. The Morgan fingerprint density at radius 3 is 2.84 bits per heavy atom. The molecule has 98 valence electrons. The fourth-order valence-electron chi connectivity index (χ4n) is 1.43. The highest BCUT2D eigenvalue weighted by atomic mass is 32.2. The van der Waals surface area contributed by atoms with Crippen LogP contribution in [0.3, 0.4) is 0 Å². The van der Waals surface area contributed by atoms with E-state index in [2.05, 4.69) is 9.98 Å². The van der Waals surface area contributed by atoms with E-state index in [0.29, 0.717) is 10.7 Å². The van der Waals surface area contributed by atoms with Gasteiger partial charge >= 0.3 is 0 Å². The van der Waals surface area contributed by atoms with Crippen LogP contribution >= 0.6 is 11.8 Å². The van der Waals surface area contributed by atoms with Crippen molar-refractivity contribution in [3.63, 3.8) is 0 Å². The molecule has 0 aliphatic rings. The van der Waals surface area contributed by atoms with E-state index in [1.165, 1.54) is 30.1 Å². The Kier molecular flexibility index (Phi) is 3.33. The molecule has 0 fully saturated rings. The predicted octanol–water partition coefficient (Wildman–Crippen LogP) is 3.67. The topological polar surface area (TPSA) is 34.5 Å². The summed E-state index contributed by atoms with van der Waals surface area (Å²) in [6.45, 7) is 0. The molecule has 5 heteroatoms. The van der Waals surface area contributed by atoms with Crippen molar-refractivity contribution in [3.05, 3.63) is 54.1 Å². The van der Waals surface area contributed by atoms with Crippen molar-refractivity contribution in [2.75, 3.05) is 13.3 Å². The van der Waals surface area contributed by atoms with Gasteiger partial charge in [0.25, 0.3) is 0 Å². The lowest BCUT2D eigenvalue weighted by atomic mass is 10.3. The smallest absolute Gasteiger partial charge is 0.148 e. The highest BCUT2D eigenvalue weighted by Crippen LogP contribution is 2.21. The van der Waals surface area contributed by atoms with E-state index in [9.17, 15) is 4.39 Å². The van der Waals surface area contributed by atoms with Crippen LogP contribution < -0.4 is 4.74 Å². The van der Waals surface area contributed by atoms with Gasteiger partial charge in [0.05, 0.1) is 23.0 Å². The van der Waals surface area contributed by atoms with Crippen molar-refractivity contribution >= 4 is 22.5 Å². The highest BCUT2D eigenvalue weighted by molar-refractivity contribution is 8.13. The summed E-state index contributed by atoms with van der Waals surface area (Å²) >= 11 is 1.31. The maximum atomic E-state index is 13.6. The number of aromatic nitrogens is 1. The molecule has 1 heterocycles. The molecule has 0 atom stereocenters. The summed E-state index contributed by atoms with van der Waals surface area (Å²) in [5.74, 6) is -0.286. The van der Waals surface area contributed by atoms with Gasteiger partial charge in [-0.25, -0.2) is 9.38 Å². The first kappa shape index (κ1) is 9.97. The third-order valence-corrected chi connectivity index (χ3v) is 3.03. The molecule has 1 aromatic carbocycles. The van der Waals surface area contributed by atoms with Gasteiger partial charge in [0, 0.05) is 0 Å². The molecule has 1 aromatic heterocycles. The van der Waals surface area contributed by atoms with Gasteiger partial charge in [-0.15, -0.1) is 11.8 Å². The minimum absolute atomic E-state index is 0.134. The third kappa shape index (κ3) is 3.32. The maximum Gasteiger partial charge on any atom is 0.148 e. The number of methoxy groups -OCH3 is 1. The van der Waals surface area contributed by atoms with Gasteiger partial charge in [-0.3, -0.25) is 4.98 Å². The summed E-state index contributed by atoms with van der Waals surface area (Å²) in [7, 11) is -2.52. The van der Waals surface area contributed by atoms with Gasteiger partial charge in [-0.05, 0) is 30.5 Å². The Morgan fingerprint density at radius 2 is 2.21 bits per heavy atom. The minimum Gasteiger partial charge on any atom is -0.495 e. The fourth-order valence-corrected chi connectivity index (χ4v) is 1.95. The van der Waals surface area contributed by atoms with Crippen molar-refractivity contribution in [1.82, 2.24) is 4.98 Å². The van der Waals surface area contributed by atoms with E-state index in [0.717, 1.165) is 0 Å². The molecule has 0 bridgehead atoms. The molecule has 0 unspecified atom stereocenters. The molecule has 0 aliphatic carbocycles. The standard InChI is InChI=1S/C14H13FN2OS/c1-18-10-7-8-13(16-9-10)14(19-2)17-12-6-4-3-5-11(12)15/h3-9H,1-2H3/i1D3. The van der Waals surface area contributed by atoms with Crippen LogP contribution in [0.15, 0.2) is 47.6 Å². The van der Waals surface area contributed by atoms with Crippen molar-refractivity contribution in [2.24, 2.45) is 4.99 Å². The van der Waals surface area contributed by atoms with Crippen LogP contribution in [0.1, 0.15) is 9.81 Å². The second kappa shape index (κ2) is 6.33. The van der Waals surface area contributed by atoms with Gasteiger partial charge in [-0.1, -0.05) is 12.1 Å². The van der Waals surface area contributed by atoms with Crippen LogP contribution in [-0.2, 0) is 0 Å². The van der Waals surface area contributed by atoms with Crippen molar-refractivity contribution < 1.29 is 13.2 Å². The lowest BCUT2D eigenvalue weighted by Crippen LogP contribution is -1.98. The zero-order valence-electron chi connectivity index (χ0n) is 13.1. The number of aliphatic imine (C=N–C) groups is 1. The molecule has 0 N–H and O–H groups in total. The minimum atomic E-state index is -2.52. The quantitative estimate of drug-likeness (QED) is 0.635. The SMILES string of the molecule is [2H]C([2H])([2H])Oc1ccc(C(=Nc2ccccc2F)SC)nc1. The molecule has 0 saturated carbocycles.